The maximum atomic E-state index is 5.77. The highest BCUT2D eigenvalue weighted by Gasteiger charge is 2.20. The fourth-order valence-corrected chi connectivity index (χ4v) is 1.88. The standard InChI is InChI=1S/C12H17N3/c1-12(2,3)11-14-9-6-5-8(13)7-10(9)15(11)4/h5-7H,13H2,1-4H3. The average Bonchev–Trinajstić information content (AvgIpc) is 2.43. The molecule has 2 aromatic rings. The van der Waals surface area contributed by atoms with Crippen molar-refractivity contribution in [1.29, 1.82) is 0 Å². The number of aryl methyl sites for hydroxylation is 1. The van der Waals surface area contributed by atoms with Crippen LogP contribution < -0.4 is 5.73 Å². The van der Waals surface area contributed by atoms with E-state index in [4.69, 9.17) is 5.73 Å². The topological polar surface area (TPSA) is 43.8 Å². The van der Waals surface area contributed by atoms with Crippen LogP contribution in [0.5, 0.6) is 0 Å². The van der Waals surface area contributed by atoms with Gasteiger partial charge in [-0.3, -0.25) is 0 Å². The quantitative estimate of drug-likeness (QED) is 0.668. The number of nitrogens with two attached hydrogens (primary N) is 1. The Hall–Kier alpha value is -1.51. The molecule has 0 aliphatic heterocycles. The highest BCUT2D eigenvalue weighted by molar-refractivity contribution is 5.79. The fourth-order valence-electron chi connectivity index (χ4n) is 1.88. The molecule has 0 unspecified atom stereocenters. The minimum absolute atomic E-state index is 0.0581. The Balaban J connectivity index is 2.76. The summed E-state index contributed by atoms with van der Waals surface area (Å²) in [5.41, 5.74) is 8.72. The molecule has 3 heteroatoms. The van der Waals surface area contributed by atoms with Crippen LogP contribution in [0.25, 0.3) is 11.0 Å². The number of hydrogen-bond acceptors (Lipinski definition) is 2. The van der Waals surface area contributed by atoms with Gasteiger partial charge in [0.15, 0.2) is 0 Å². The summed E-state index contributed by atoms with van der Waals surface area (Å²) in [5, 5.41) is 0. The first-order valence-corrected chi connectivity index (χ1v) is 5.12. The molecule has 0 aliphatic carbocycles. The van der Waals surface area contributed by atoms with Gasteiger partial charge in [-0.25, -0.2) is 4.98 Å². The van der Waals surface area contributed by atoms with Crippen molar-refractivity contribution in [3.63, 3.8) is 0 Å². The van der Waals surface area contributed by atoms with Crippen LogP contribution in [0.4, 0.5) is 5.69 Å². The van der Waals surface area contributed by atoms with E-state index in [1.807, 2.05) is 25.2 Å². The van der Waals surface area contributed by atoms with Crippen molar-refractivity contribution in [2.24, 2.45) is 7.05 Å². The number of anilines is 1. The van der Waals surface area contributed by atoms with Gasteiger partial charge >= 0.3 is 0 Å². The minimum Gasteiger partial charge on any atom is -0.399 e. The first-order chi connectivity index (χ1) is 6.89. The first-order valence-electron chi connectivity index (χ1n) is 5.12. The molecule has 80 valence electrons. The second-order valence-electron chi connectivity index (χ2n) is 4.99. The van der Waals surface area contributed by atoms with Crippen molar-refractivity contribution in [3.8, 4) is 0 Å². The van der Waals surface area contributed by atoms with Crippen molar-refractivity contribution >= 4 is 16.7 Å². The van der Waals surface area contributed by atoms with Gasteiger partial charge in [-0.1, -0.05) is 20.8 Å². The zero-order valence-corrected chi connectivity index (χ0v) is 9.70. The molecular weight excluding hydrogens is 186 g/mol. The number of aromatic nitrogens is 2. The fraction of sp³-hybridized carbons (Fsp3) is 0.417. The van der Waals surface area contributed by atoms with Crippen molar-refractivity contribution in [1.82, 2.24) is 9.55 Å². The number of fused-ring (bicyclic) bond motifs is 1. The molecule has 0 radical (unpaired) electrons. The number of nitrogens with zero attached hydrogens (tertiary/aromatic N) is 2. The molecule has 0 saturated carbocycles. The van der Waals surface area contributed by atoms with E-state index in [0.29, 0.717) is 0 Å². The van der Waals surface area contributed by atoms with Crippen molar-refractivity contribution in [2.75, 3.05) is 5.73 Å². The molecule has 0 atom stereocenters. The van der Waals surface area contributed by atoms with Crippen LogP contribution in [0, 0.1) is 0 Å². The Morgan fingerprint density at radius 3 is 2.53 bits per heavy atom. The third kappa shape index (κ3) is 1.58. The molecule has 0 fully saturated rings. The van der Waals surface area contributed by atoms with E-state index in [1.54, 1.807) is 0 Å². The zero-order valence-electron chi connectivity index (χ0n) is 9.70. The summed E-state index contributed by atoms with van der Waals surface area (Å²) in [6.45, 7) is 6.49. The maximum absolute atomic E-state index is 5.77. The lowest BCUT2D eigenvalue weighted by atomic mass is 9.96. The summed E-state index contributed by atoms with van der Waals surface area (Å²) in [5.74, 6) is 1.09. The molecular formula is C12H17N3. The van der Waals surface area contributed by atoms with E-state index in [9.17, 15) is 0 Å². The predicted molar refractivity (Wildman–Crippen MR) is 63.8 cm³/mol. The number of hydrogen-bond donors (Lipinski definition) is 1. The van der Waals surface area contributed by atoms with Gasteiger partial charge in [0.05, 0.1) is 11.0 Å². The molecule has 2 rings (SSSR count). The second kappa shape index (κ2) is 2.99. The van der Waals surface area contributed by atoms with Gasteiger partial charge in [0.2, 0.25) is 0 Å². The molecule has 0 saturated heterocycles. The Kier molecular flexibility index (Phi) is 2.00. The molecule has 3 nitrogen and oxygen atoms in total. The molecule has 0 amide bonds. The zero-order chi connectivity index (χ0) is 11.2. The van der Waals surface area contributed by atoms with Crippen molar-refractivity contribution < 1.29 is 0 Å². The Bertz CT molecular complexity index is 503. The van der Waals surface area contributed by atoms with Crippen LogP contribution in [0.1, 0.15) is 26.6 Å². The van der Waals surface area contributed by atoms with Gasteiger partial charge in [0, 0.05) is 18.2 Å². The van der Waals surface area contributed by atoms with E-state index in [0.717, 1.165) is 22.5 Å². The summed E-state index contributed by atoms with van der Waals surface area (Å²) in [4.78, 5) is 4.63. The summed E-state index contributed by atoms with van der Waals surface area (Å²) < 4.78 is 2.12. The van der Waals surface area contributed by atoms with Crippen LogP contribution in [0.15, 0.2) is 18.2 Å². The minimum atomic E-state index is 0.0581. The van der Waals surface area contributed by atoms with Gasteiger partial charge in [0.25, 0.3) is 0 Å². The molecule has 0 spiro atoms. The molecule has 1 heterocycles. The SMILES string of the molecule is Cn1c(C(C)(C)C)nc2ccc(N)cc21. The maximum Gasteiger partial charge on any atom is 0.115 e. The van der Waals surface area contributed by atoms with E-state index in [2.05, 4.69) is 30.3 Å². The van der Waals surface area contributed by atoms with Gasteiger partial charge in [-0.15, -0.1) is 0 Å². The van der Waals surface area contributed by atoms with Crippen LogP contribution in [-0.2, 0) is 12.5 Å². The normalized spacial score (nSPS) is 12.3. The van der Waals surface area contributed by atoms with Crippen LogP contribution in [0.2, 0.25) is 0 Å². The smallest absolute Gasteiger partial charge is 0.115 e. The van der Waals surface area contributed by atoms with Crippen molar-refractivity contribution in [3.05, 3.63) is 24.0 Å². The summed E-state index contributed by atoms with van der Waals surface area (Å²) in [6, 6.07) is 5.83. The van der Waals surface area contributed by atoms with Crippen LogP contribution in [0.3, 0.4) is 0 Å². The largest absolute Gasteiger partial charge is 0.399 e. The van der Waals surface area contributed by atoms with E-state index < -0.39 is 0 Å². The Labute approximate surface area is 89.9 Å². The Morgan fingerprint density at radius 1 is 1.27 bits per heavy atom. The van der Waals surface area contributed by atoms with Crippen molar-refractivity contribution in [2.45, 2.75) is 26.2 Å². The molecule has 2 N–H and O–H groups in total. The van der Waals surface area contributed by atoms with Gasteiger partial charge < -0.3 is 10.3 Å². The summed E-state index contributed by atoms with van der Waals surface area (Å²) >= 11 is 0. The van der Waals surface area contributed by atoms with Gasteiger partial charge in [-0.2, -0.15) is 0 Å². The lowest BCUT2D eigenvalue weighted by molar-refractivity contribution is 0.527. The predicted octanol–water partition coefficient (Wildman–Crippen LogP) is 2.45. The molecule has 15 heavy (non-hydrogen) atoms. The summed E-state index contributed by atoms with van der Waals surface area (Å²) in [6.07, 6.45) is 0. The molecule has 0 aliphatic rings. The van der Waals surface area contributed by atoms with Gasteiger partial charge in [0.1, 0.15) is 5.82 Å². The lowest BCUT2D eigenvalue weighted by Crippen LogP contribution is -2.17. The number of imidazole rings is 1. The second-order valence-corrected chi connectivity index (χ2v) is 4.99. The third-order valence-corrected chi connectivity index (χ3v) is 2.58. The van der Waals surface area contributed by atoms with E-state index in [1.165, 1.54) is 0 Å². The lowest BCUT2D eigenvalue weighted by Gasteiger charge is -2.17. The van der Waals surface area contributed by atoms with E-state index in [-0.39, 0.29) is 5.41 Å². The monoisotopic (exact) mass is 203 g/mol. The van der Waals surface area contributed by atoms with Crippen LogP contribution in [-0.4, -0.2) is 9.55 Å². The molecule has 1 aromatic carbocycles. The third-order valence-electron chi connectivity index (χ3n) is 2.58. The molecule has 1 aromatic heterocycles. The highest BCUT2D eigenvalue weighted by atomic mass is 15.1. The number of benzene rings is 1. The van der Waals surface area contributed by atoms with Gasteiger partial charge in [-0.05, 0) is 18.2 Å². The highest BCUT2D eigenvalue weighted by Crippen LogP contribution is 2.26. The Morgan fingerprint density at radius 2 is 1.93 bits per heavy atom. The number of rotatable bonds is 0. The summed E-state index contributed by atoms with van der Waals surface area (Å²) in [7, 11) is 2.04. The van der Waals surface area contributed by atoms with E-state index >= 15 is 0 Å². The molecule has 0 bridgehead atoms. The average molecular weight is 203 g/mol. The first kappa shape index (κ1) is 10.0. The number of nitrogen functional groups attached to an aromatic ring is 1. The van der Waals surface area contributed by atoms with Crippen LogP contribution >= 0.6 is 0 Å².